The monoisotopic (exact) mass is 174 g/mol. The van der Waals surface area contributed by atoms with Crippen molar-refractivity contribution in [2.45, 2.75) is 38.1 Å². The highest BCUT2D eigenvalue weighted by atomic mass is 14.9. The zero-order valence-corrected chi connectivity index (χ0v) is 7.95. The molecule has 1 nitrogen and oxygen atoms in total. The number of rotatable bonds is 2. The Bertz CT molecular complexity index is 237. The summed E-state index contributed by atoms with van der Waals surface area (Å²) in [6, 6.07) is 10.9. The number of hydrogen-bond donors (Lipinski definition) is 0. The number of benzene rings is 1. The molecule has 0 atom stereocenters. The predicted octanol–water partition coefficient (Wildman–Crippen LogP) is 3.26. The molecule has 68 valence electrons. The summed E-state index contributed by atoms with van der Waals surface area (Å²) in [5, 5.41) is 4.72. The van der Waals surface area contributed by atoms with Gasteiger partial charge in [0.25, 0.3) is 0 Å². The van der Waals surface area contributed by atoms with Gasteiger partial charge in [0.2, 0.25) is 11.7 Å². The molecule has 1 saturated carbocycles. The topological polar surface area (TPSA) is 14.1 Å². The van der Waals surface area contributed by atoms with E-state index in [9.17, 15) is 0 Å². The summed E-state index contributed by atoms with van der Waals surface area (Å²) in [5.41, 5.74) is 1.15. The van der Waals surface area contributed by atoms with Crippen molar-refractivity contribution in [2.24, 2.45) is 0 Å². The van der Waals surface area contributed by atoms with E-state index in [1.807, 2.05) is 6.07 Å². The summed E-state index contributed by atoms with van der Waals surface area (Å²) in [4.78, 5) is 0. The van der Waals surface area contributed by atoms with Gasteiger partial charge in [-0.25, -0.2) is 0 Å². The van der Waals surface area contributed by atoms with Crippen molar-refractivity contribution in [2.75, 3.05) is 0 Å². The van der Waals surface area contributed by atoms with Crippen molar-refractivity contribution in [3.63, 3.8) is 0 Å². The van der Waals surface area contributed by atoms with E-state index in [0.29, 0.717) is 6.04 Å². The second-order valence-electron chi connectivity index (χ2n) is 3.76. The van der Waals surface area contributed by atoms with Crippen LogP contribution >= 0.6 is 0 Å². The summed E-state index contributed by atoms with van der Waals surface area (Å²) < 4.78 is 0. The van der Waals surface area contributed by atoms with E-state index < -0.39 is 0 Å². The average Bonchev–Trinajstić information content (AvgIpc) is 2.21. The predicted molar refractivity (Wildman–Crippen MR) is 55.1 cm³/mol. The normalized spacial score (nSPS) is 18.8. The van der Waals surface area contributed by atoms with E-state index in [1.165, 1.54) is 32.1 Å². The van der Waals surface area contributed by atoms with E-state index in [-0.39, 0.29) is 0 Å². The van der Waals surface area contributed by atoms with Crippen LogP contribution in [-0.4, -0.2) is 6.04 Å². The quantitative estimate of drug-likeness (QED) is 0.653. The second kappa shape index (κ2) is 4.43. The van der Waals surface area contributed by atoms with Gasteiger partial charge in [-0.05, 0) is 12.8 Å². The number of nitrogens with zero attached hydrogens (tertiary/aromatic N) is 1. The van der Waals surface area contributed by atoms with Crippen LogP contribution < -0.4 is 5.32 Å². The van der Waals surface area contributed by atoms with Gasteiger partial charge < -0.3 is 0 Å². The first-order valence-corrected chi connectivity index (χ1v) is 5.21. The van der Waals surface area contributed by atoms with Gasteiger partial charge in [-0.2, -0.15) is 0 Å². The third kappa shape index (κ3) is 2.56. The molecule has 0 spiro atoms. The molecule has 0 bridgehead atoms. The molecule has 1 aromatic carbocycles. The first-order chi connectivity index (χ1) is 6.45. The molecule has 0 aromatic heterocycles. The second-order valence-corrected chi connectivity index (χ2v) is 3.76. The zero-order valence-electron chi connectivity index (χ0n) is 7.95. The summed E-state index contributed by atoms with van der Waals surface area (Å²) in [6.45, 7) is 0. The fraction of sp³-hybridized carbons (Fsp3) is 0.500. The molecule has 1 heteroatoms. The van der Waals surface area contributed by atoms with Gasteiger partial charge in [0.05, 0.1) is 0 Å². The molecule has 0 aliphatic heterocycles. The first-order valence-electron chi connectivity index (χ1n) is 5.21. The maximum Gasteiger partial charge on any atom is 0.245 e. The molecule has 1 aliphatic rings. The highest BCUT2D eigenvalue weighted by Crippen LogP contribution is 2.21. The fourth-order valence-electron chi connectivity index (χ4n) is 1.94. The van der Waals surface area contributed by atoms with Gasteiger partial charge in [0, 0.05) is 25.0 Å². The first kappa shape index (κ1) is 8.76. The molecule has 1 fully saturated rings. The van der Waals surface area contributed by atoms with E-state index in [2.05, 4.69) is 24.3 Å². The Balaban J connectivity index is 1.90. The Morgan fingerprint density at radius 3 is 2.31 bits per heavy atom. The van der Waals surface area contributed by atoms with Crippen LogP contribution in [0.1, 0.15) is 32.1 Å². The Morgan fingerprint density at radius 1 is 0.923 bits per heavy atom. The third-order valence-corrected chi connectivity index (χ3v) is 2.66. The maximum absolute atomic E-state index is 4.72. The molecule has 2 radical (unpaired) electrons. The van der Waals surface area contributed by atoms with E-state index in [4.69, 9.17) is 5.32 Å². The van der Waals surface area contributed by atoms with Crippen molar-refractivity contribution in [1.29, 1.82) is 0 Å². The van der Waals surface area contributed by atoms with E-state index >= 15 is 0 Å². The van der Waals surface area contributed by atoms with Gasteiger partial charge in [-0.3, -0.25) is 0 Å². The van der Waals surface area contributed by atoms with Crippen LogP contribution in [0.25, 0.3) is 0 Å². The maximum atomic E-state index is 4.72. The minimum Gasteiger partial charge on any atom is -0.0618 e. The van der Waals surface area contributed by atoms with Crippen LogP contribution in [0.5, 0.6) is 0 Å². The minimum absolute atomic E-state index is 0.594. The summed E-state index contributed by atoms with van der Waals surface area (Å²) >= 11 is 0. The number of hydrogen-bond acceptors (Lipinski definition) is 0. The number of para-hydroxylation sites is 1. The van der Waals surface area contributed by atoms with Crippen molar-refractivity contribution in [3.05, 3.63) is 30.3 Å². The minimum atomic E-state index is 0.594. The summed E-state index contributed by atoms with van der Waals surface area (Å²) in [6.07, 6.45) is 6.70. The Morgan fingerprint density at radius 2 is 1.62 bits per heavy atom. The third-order valence-electron chi connectivity index (χ3n) is 2.66. The van der Waals surface area contributed by atoms with Crippen LogP contribution in [0.3, 0.4) is 0 Å². The van der Waals surface area contributed by atoms with Crippen LogP contribution in [0, 0.1) is 0 Å². The molecule has 0 saturated heterocycles. The smallest absolute Gasteiger partial charge is 0.0618 e. The Kier molecular flexibility index (Phi) is 2.98. The van der Waals surface area contributed by atoms with Crippen molar-refractivity contribution < 1.29 is 0 Å². The van der Waals surface area contributed by atoms with Crippen LogP contribution in [0.4, 0.5) is 5.69 Å². The molecule has 13 heavy (non-hydrogen) atoms. The van der Waals surface area contributed by atoms with Gasteiger partial charge in [0.1, 0.15) is 5.32 Å². The molecular formula is C12H16N+. The zero-order chi connectivity index (χ0) is 8.93. The van der Waals surface area contributed by atoms with Crippen molar-refractivity contribution >= 4 is 5.69 Å². The van der Waals surface area contributed by atoms with E-state index in [1.54, 1.807) is 0 Å². The van der Waals surface area contributed by atoms with Gasteiger partial charge in [-0.1, -0.05) is 24.6 Å². The molecule has 0 amide bonds. The standard InChI is InChI=1S/C12H16N/c1-3-7-11(8-4-1)13-12-9-5-2-6-10-12/h1,3-4,7-8,12H,2,5-6,9-10H2/q+1. The summed E-state index contributed by atoms with van der Waals surface area (Å²) in [5.74, 6) is 0. The molecule has 0 unspecified atom stereocenters. The van der Waals surface area contributed by atoms with Gasteiger partial charge in [0.15, 0.2) is 0 Å². The van der Waals surface area contributed by atoms with Crippen LogP contribution in [0.15, 0.2) is 30.3 Å². The largest absolute Gasteiger partial charge is 0.245 e. The van der Waals surface area contributed by atoms with Crippen LogP contribution in [0.2, 0.25) is 0 Å². The van der Waals surface area contributed by atoms with Crippen molar-refractivity contribution in [1.82, 2.24) is 5.32 Å². The fourth-order valence-corrected chi connectivity index (χ4v) is 1.94. The van der Waals surface area contributed by atoms with Crippen LogP contribution in [-0.2, 0) is 0 Å². The van der Waals surface area contributed by atoms with Crippen molar-refractivity contribution in [3.8, 4) is 0 Å². The summed E-state index contributed by atoms with van der Waals surface area (Å²) in [7, 11) is 0. The van der Waals surface area contributed by atoms with Gasteiger partial charge >= 0.3 is 0 Å². The lowest BCUT2D eigenvalue weighted by molar-refractivity contribution is 0.403. The highest BCUT2D eigenvalue weighted by Gasteiger charge is 2.25. The lowest BCUT2D eigenvalue weighted by Gasteiger charge is -2.11. The average molecular weight is 174 g/mol. The molecule has 0 N–H and O–H groups in total. The lowest BCUT2D eigenvalue weighted by Crippen LogP contribution is -2.21. The molecule has 1 aliphatic carbocycles. The Hall–Kier alpha value is -0.820. The SMILES string of the molecule is c1ccc([N+]C2CCCCC2)cc1. The molecule has 1 aromatic rings. The molecular weight excluding hydrogens is 158 g/mol. The Labute approximate surface area is 80.2 Å². The lowest BCUT2D eigenvalue weighted by atomic mass is 9.95. The molecule has 0 heterocycles. The molecule has 2 rings (SSSR count). The highest BCUT2D eigenvalue weighted by molar-refractivity contribution is 5.35. The van der Waals surface area contributed by atoms with E-state index in [0.717, 1.165) is 5.69 Å². The van der Waals surface area contributed by atoms with Gasteiger partial charge in [-0.15, -0.1) is 0 Å².